The number of nitrogens with zero attached hydrogens (tertiary/aromatic N) is 1. The summed E-state index contributed by atoms with van der Waals surface area (Å²) in [5.41, 5.74) is 8.02. The summed E-state index contributed by atoms with van der Waals surface area (Å²) >= 11 is 6.33. The average Bonchev–Trinajstić information content (AvgIpc) is 3.17. The fourth-order valence-corrected chi connectivity index (χ4v) is 2.58. The largest absolute Gasteiger partial charge is 0.369 e. The standard InChI is InChI=1S/C15H23ClN2/c1-2-3-10-18(13-6-7-13)14-5-4-12(8-9-17)15(16)11-14/h4-5,11,13H,2-3,6-10,17H2,1H3. The molecule has 1 aromatic carbocycles. The van der Waals surface area contributed by atoms with Crippen LogP contribution < -0.4 is 10.6 Å². The van der Waals surface area contributed by atoms with Crippen LogP contribution in [0.2, 0.25) is 5.02 Å². The van der Waals surface area contributed by atoms with E-state index in [4.69, 9.17) is 17.3 Å². The van der Waals surface area contributed by atoms with Crippen molar-refractivity contribution in [3.8, 4) is 0 Å². The average molecular weight is 267 g/mol. The van der Waals surface area contributed by atoms with Crippen LogP contribution in [0.15, 0.2) is 18.2 Å². The van der Waals surface area contributed by atoms with Crippen LogP contribution in [-0.2, 0) is 6.42 Å². The van der Waals surface area contributed by atoms with Gasteiger partial charge in [-0.25, -0.2) is 0 Å². The molecule has 0 heterocycles. The lowest BCUT2D eigenvalue weighted by Gasteiger charge is -2.25. The maximum absolute atomic E-state index is 6.33. The molecule has 1 aromatic rings. The molecule has 0 saturated heterocycles. The number of unbranched alkanes of at least 4 members (excludes halogenated alkanes) is 1. The van der Waals surface area contributed by atoms with Crippen molar-refractivity contribution < 1.29 is 0 Å². The molecule has 0 unspecified atom stereocenters. The minimum atomic E-state index is 0.654. The van der Waals surface area contributed by atoms with Gasteiger partial charge in [0.1, 0.15) is 0 Å². The molecule has 1 fully saturated rings. The molecule has 1 aliphatic rings. The van der Waals surface area contributed by atoms with Crippen molar-refractivity contribution in [2.24, 2.45) is 5.73 Å². The molecule has 2 nitrogen and oxygen atoms in total. The number of benzene rings is 1. The Labute approximate surface area is 115 Å². The summed E-state index contributed by atoms with van der Waals surface area (Å²) in [6.07, 6.45) is 6.00. The first-order chi connectivity index (χ1) is 8.76. The van der Waals surface area contributed by atoms with Gasteiger partial charge in [-0.15, -0.1) is 0 Å². The van der Waals surface area contributed by atoms with Gasteiger partial charge in [-0.05, 0) is 49.9 Å². The third-order valence-electron chi connectivity index (χ3n) is 3.52. The van der Waals surface area contributed by atoms with Crippen molar-refractivity contribution in [1.29, 1.82) is 0 Å². The van der Waals surface area contributed by atoms with E-state index in [1.54, 1.807) is 0 Å². The Morgan fingerprint density at radius 1 is 1.39 bits per heavy atom. The zero-order valence-corrected chi connectivity index (χ0v) is 11.9. The minimum absolute atomic E-state index is 0.654. The molecule has 0 spiro atoms. The first-order valence-electron chi connectivity index (χ1n) is 7.01. The first kappa shape index (κ1) is 13.7. The molecule has 0 bridgehead atoms. The summed E-state index contributed by atoms with van der Waals surface area (Å²) in [7, 11) is 0. The summed E-state index contributed by atoms with van der Waals surface area (Å²) in [5.74, 6) is 0. The Morgan fingerprint density at radius 3 is 2.72 bits per heavy atom. The molecular weight excluding hydrogens is 244 g/mol. The van der Waals surface area contributed by atoms with E-state index in [0.29, 0.717) is 6.54 Å². The Hall–Kier alpha value is -0.730. The van der Waals surface area contributed by atoms with E-state index in [9.17, 15) is 0 Å². The number of hydrogen-bond acceptors (Lipinski definition) is 2. The molecule has 0 aliphatic heterocycles. The van der Waals surface area contributed by atoms with Crippen LogP contribution in [0.4, 0.5) is 5.69 Å². The Morgan fingerprint density at radius 2 is 2.17 bits per heavy atom. The lowest BCUT2D eigenvalue weighted by Crippen LogP contribution is -2.26. The molecule has 18 heavy (non-hydrogen) atoms. The lowest BCUT2D eigenvalue weighted by molar-refractivity contribution is 0.713. The van der Waals surface area contributed by atoms with E-state index >= 15 is 0 Å². The maximum atomic E-state index is 6.33. The second kappa shape index (κ2) is 6.44. The highest BCUT2D eigenvalue weighted by Gasteiger charge is 2.28. The molecule has 0 aromatic heterocycles. The number of halogens is 1. The number of nitrogens with two attached hydrogens (primary N) is 1. The van der Waals surface area contributed by atoms with Gasteiger partial charge in [0, 0.05) is 23.3 Å². The maximum Gasteiger partial charge on any atom is 0.0459 e. The fourth-order valence-electron chi connectivity index (χ4n) is 2.31. The van der Waals surface area contributed by atoms with Gasteiger partial charge < -0.3 is 10.6 Å². The van der Waals surface area contributed by atoms with Crippen LogP contribution >= 0.6 is 11.6 Å². The van der Waals surface area contributed by atoms with E-state index in [-0.39, 0.29) is 0 Å². The van der Waals surface area contributed by atoms with Crippen molar-refractivity contribution in [1.82, 2.24) is 0 Å². The summed E-state index contributed by atoms with van der Waals surface area (Å²) in [6, 6.07) is 7.19. The molecule has 1 aliphatic carbocycles. The van der Waals surface area contributed by atoms with E-state index in [0.717, 1.165) is 29.6 Å². The fraction of sp³-hybridized carbons (Fsp3) is 0.600. The third kappa shape index (κ3) is 3.39. The highest BCUT2D eigenvalue weighted by Crippen LogP contribution is 2.34. The quantitative estimate of drug-likeness (QED) is 0.817. The number of anilines is 1. The molecule has 0 amide bonds. The van der Waals surface area contributed by atoms with Crippen molar-refractivity contribution >= 4 is 17.3 Å². The zero-order chi connectivity index (χ0) is 13.0. The van der Waals surface area contributed by atoms with Crippen LogP contribution in [0.5, 0.6) is 0 Å². The van der Waals surface area contributed by atoms with Gasteiger partial charge in [-0.2, -0.15) is 0 Å². The van der Waals surface area contributed by atoms with Crippen LogP contribution in [0.3, 0.4) is 0 Å². The topological polar surface area (TPSA) is 29.3 Å². The monoisotopic (exact) mass is 266 g/mol. The third-order valence-corrected chi connectivity index (χ3v) is 3.87. The summed E-state index contributed by atoms with van der Waals surface area (Å²) in [5, 5.41) is 0.861. The van der Waals surface area contributed by atoms with Crippen molar-refractivity contribution in [3.63, 3.8) is 0 Å². The first-order valence-corrected chi connectivity index (χ1v) is 7.39. The lowest BCUT2D eigenvalue weighted by atomic mass is 10.1. The second-order valence-corrected chi connectivity index (χ2v) is 5.50. The van der Waals surface area contributed by atoms with Crippen LogP contribution in [0.25, 0.3) is 0 Å². The van der Waals surface area contributed by atoms with Crippen molar-refractivity contribution in [2.45, 2.75) is 45.1 Å². The van der Waals surface area contributed by atoms with Gasteiger partial charge in [0.2, 0.25) is 0 Å². The zero-order valence-electron chi connectivity index (χ0n) is 11.2. The van der Waals surface area contributed by atoms with E-state index in [1.165, 1.54) is 31.4 Å². The predicted octanol–water partition coefficient (Wildman–Crippen LogP) is 3.61. The molecule has 3 heteroatoms. The Balaban J connectivity index is 2.12. The summed E-state index contributed by atoms with van der Waals surface area (Å²) < 4.78 is 0. The number of hydrogen-bond donors (Lipinski definition) is 1. The van der Waals surface area contributed by atoms with Crippen molar-refractivity contribution in [2.75, 3.05) is 18.0 Å². The molecule has 100 valence electrons. The summed E-state index contributed by atoms with van der Waals surface area (Å²) in [4.78, 5) is 2.52. The van der Waals surface area contributed by atoms with Crippen LogP contribution in [0.1, 0.15) is 38.2 Å². The molecule has 2 N–H and O–H groups in total. The van der Waals surface area contributed by atoms with E-state index in [1.807, 2.05) is 0 Å². The van der Waals surface area contributed by atoms with E-state index in [2.05, 4.69) is 30.0 Å². The van der Waals surface area contributed by atoms with Crippen LogP contribution in [0, 0.1) is 0 Å². The normalized spacial score (nSPS) is 14.8. The van der Waals surface area contributed by atoms with Crippen LogP contribution in [-0.4, -0.2) is 19.1 Å². The van der Waals surface area contributed by atoms with Gasteiger partial charge in [0.05, 0.1) is 0 Å². The Kier molecular flexibility index (Phi) is 4.90. The molecule has 1 saturated carbocycles. The highest BCUT2D eigenvalue weighted by molar-refractivity contribution is 6.31. The predicted molar refractivity (Wildman–Crippen MR) is 79.5 cm³/mol. The minimum Gasteiger partial charge on any atom is -0.369 e. The highest BCUT2D eigenvalue weighted by atomic mass is 35.5. The van der Waals surface area contributed by atoms with Gasteiger partial charge in [-0.1, -0.05) is 31.0 Å². The number of rotatable bonds is 7. The van der Waals surface area contributed by atoms with Crippen molar-refractivity contribution in [3.05, 3.63) is 28.8 Å². The molecular formula is C15H23ClN2. The second-order valence-electron chi connectivity index (χ2n) is 5.09. The Bertz CT molecular complexity index is 388. The smallest absolute Gasteiger partial charge is 0.0459 e. The van der Waals surface area contributed by atoms with Gasteiger partial charge in [0.15, 0.2) is 0 Å². The van der Waals surface area contributed by atoms with Gasteiger partial charge >= 0.3 is 0 Å². The molecule has 0 radical (unpaired) electrons. The summed E-state index contributed by atoms with van der Waals surface area (Å²) in [6.45, 7) is 4.04. The molecule has 0 atom stereocenters. The van der Waals surface area contributed by atoms with Gasteiger partial charge in [-0.3, -0.25) is 0 Å². The molecule has 2 rings (SSSR count). The van der Waals surface area contributed by atoms with Gasteiger partial charge in [0.25, 0.3) is 0 Å². The van der Waals surface area contributed by atoms with E-state index < -0.39 is 0 Å². The SMILES string of the molecule is CCCCN(c1ccc(CCN)c(Cl)c1)C1CC1.